The van der Waals surface area contributed by atoms with Crippen molar-refractivity contribution in [3.8, 4) is 0 Å². The Morgan fingerprint density at radius 1 is 1.42 bits per heavy atom. The first-order valence-corrected chi connectivity index (χ1v) is 9.03. The second-order valence-corrected chi connectivity index (χ2v) is 8.09. The Labute approximate surface area is 128 Å². The van der Waals surface area contributed by atoms with E-state index in [-0.39, 0.29) is 0 Å². The van der Waals surface area contributed by atoms with E-state index in [0.717, 1.165) is 18.5 Å². The molecular weight excluding hydrogens is 320 g/mol. The van der Waals surface area contributed by atoms with Gasteiger partial charge in [-0.25, -0.2) is 0 Å². The second-order valence-electron chi connectivity index (χ2n) is 5.94. The standard InChI is InChI=1S/C15H23BrN2S/c1-10-12(16)8-15(19-10)14(9-17)18-7-3-5-11-4-2-6-13(11)18/h8,11,13-14H,2-7,9,17H2,1H3. The summed E-state index contributed by atoms with van der Waals surface area (Å²) < 4.78 is 1.24. The molecule has 0 aromatic carbocycles. The Morgan fingerprint density at radius 2 is 2.21 bits per heavy atom. The highest BCUT2D eigenvalue weighted by atomic mass is 79.9. The lowest BCUT2D eigenvalue weighted by molar-refractivity contribution is 0.0716. The van der Waals surface area contributed by atoms with Crippen molar-refractivity contribution in [1.82, 2.24) is 4.90 Å². The number of halogens is 1. The number of aryl methyl sites for hydroxylation is 1. The summed E-state index contributed by atoms with van der Waals surface area (Å²) in [4.78, 5) is 5.53. The van der Waals surface area contributed by atoms with Gasteiger partial charge < -0.3 is 5.73 Å². The zero-order valence-electron chi connectivity index (χ0n) is 11.6. The third-order valence-electron chi connectivity index (χ3n) is 4.86. The molecule has 0 radical (unpaired) electrons. The molecule has 2 fully saturated rings. The van der Waals surface area contributed by atoms with Crippen molar-refractivity contribution in [3.63, 3.8) is 0 Å². The number of nitrogens with two attached hydrogens (primary N) is 1. The molecule has 1 aliphatic carbocycles. The van der Waals surface area contributed by atoms with Gasteiger partial charge in [-0.1, -0.05) is 6.42 Å². The minimum absolute atomic E-state index is 0.431. The SMILES string of the molecule is Cc1sc(C(CN)N2CCCC3CCCC32)cc1Br. The van der Waals surface area contributed by atoms with Gasteiger partial charge in [0.2, 0.25) is 0 Å². The van der Waals surface area contributed by atoms with Gasteiger partial charge in [-0.2, -0.15) is 0 Å². The van der Waals surface area contributed by atoms with Crippen LogP contribution in [0.15, 0.2) is 10.5 Å². The van der Waals surface area contributed by atoms with Crippen molar-refractivity contribution in [2.24, 2.45) is 11.7 Å². The van der Waals surface area contributed by atoms with E-state index >= 15 is 0 Å². The smallest absolute Gasteiger partial charge is 0.0567 e. The fourth-order valence-corrected chi connectivity index (χ4v) is 5.64. The Kier molecular flexibility index (Phi) is 4.32. The maximum absolute atomic E-state index is 6.13. The highest BCUT2D eigenvalue weighted by molar-refractivity contribution is 9.10. The van der Waals surface area contributed by atoms with Crippen LogP contribution >= 0.6 is 27.3 Å². The van der Waals surface area contributed by atoms with Crippen LogP contribution in [0.2, 0.25) is 0 Å². The van der Waals surface area contributed by atoms with Gasteiger partial charge in [0.25, 0.3) is 0 Å². The number of hydrogen-bond donors (Lipinski definition) is 1. The Morgan fingerprint density at radius 3 is 2.89 bits per heavy atom. The molecule has 2 nitrogen and oxygen atoms in total. The third kappa shape index (κ3) is 2.65. The monoisotopic (exact) mass is 342 g/mol. The molecule has 106 valence electrons. The van der Waals surface area contributed by atoms with E-state index in [0.29, 0.717) is 6.04 Å². The quantitative estimate of drug-likeness (QED) is 0.896. The number of thiophene rings is 1. The average Bonchev–Trinajstić information content (AvgIpc) is 2.99. The van der Waals surface area contributed by atoms with Gasteiger partial charge in [0, 0.05) is 26.8 Å². The minimum Gasteiger partial charge on any atom is -0.329 e. The molecule has 1 aromatic rings. The van der Waals surface area contributed by atoms with E-state index < -0.39 is 0 Å². The van der Waals surface area contributed by atoms with Crippen LogP contribution in [-0.2, 0) is 0 Å². The molecular formula is C15H23BrN2S. The normalized spacial score (nSPS) is 29.4. The van der Waals surface area contributed by atoms with Crippen LogP contribution in [-0.4, -0.2) is 24.0 Å². The first kappa shape index (κ1) is 14.1. The molecule has 4 heteroatoms. The number of nitrogens with zero attached hydrogens (tertiary/aromatic N) is 1. The lowest BCUT2D eigenvalue weighted by Gasteiger charge is -2.42. The fourth-order valence-electron chi connectivity index (χ4n) is 3.94. The average molecular weight is 343 g/mol. The molecule has 19 heavy (non-hydrogen) atoms. The molecule has 2 heterocycles. The highest BCUT2D eigenvalue weighted by Crippen LogP contribution is 2.42. The maximum Gasteiger partial charge on any atom is 0.0567 e. The molecule has 1 saturated carbocycles. The predicted molar refractivity (Wildman–Crippen MR) is 85.6 cm³/mol. The number of hydrogen-bond acceptors (Lipinski definition) is 3. The minimum atomic E-state index is 0.431. The van der Waals surface area contributed by atoms with Crippen molar-refractivity contribution < 1.29 is 0 Å². The van der Waals surface area contributed by atoms with Crippen LogP contribution in [0.3, 0.4) is 0 Å². The van der Waals surface area contributed by atoms with Gasteiger partial charge in [0.15, 0.2) is 0 Å². The zero-order valence-corrected chi connectivity index (χ0v) is 14.0. The highest BCUT2D eigenvalue weighted by Gasteiger charge is 2.38. The second kappa shape index (κ2) is 5.84. The van der Waals surface area contributed by atoms with Crippen LogP contribution in [0.25, 0.3) is 0 Å². The summed E-state index contributed by atoms with van der Waals surface area (Å²) in [6, 6.07) is 3.51. The summed E-state index contributed by atoms with van der Waals surface area (Å²) in [5, 5.41) is 0. The van der Waals surface area contributed by atoms with Gasteiger partial charge in [-0.3, -0.25) is 4.90 Å². The molecule has 1 aromatic heterocycles. The molecule has 0 bridgehead atoms. The fraction of sp³-hybridized carbons (Fsp3) is 0.733. The van der Waals surface area contributed by atoms with Crippen LogP contribution in [0, 0.1) is 12.8 Å². The van der Waals surface area contributed by atoms with Gasteiger partial charge in [-0.05, 0) is 67.1 Å². The van der Waals surface area contributed by atoms with Crippen LogP contribution in [0.1, 0.15) is 47.9 Å². The molecule has 3 atom stereocenters. The van der Waals surface area contributed by atoms with E-state index in [4.69, 9.17) is 5.73 Å². The van der Waals surface area contributed by atoms with Crippen LogP contribution in [0.5, 0.6) is 0 Å². The van der Waals surface area contributed by atoms with Crippen molar-refractivity contribution in [3.05, 3.63) is 20.3 Å². The summed E-state index contributed by atoms with van der Waals surface area (Å²) in [6.07, 6.45) is 7.02. The molecule has 0 amide bonds. The van der Waals surface area contributed by atoms with E-state index in [2.05, 4.69) is 33.8 Å². The number of rotatable bonds is 3. The van der Waals surface area contributed by atoms with Crippen molar-refractivity contribution in [2.75, 3.05) is 13.1 Å². The van der Waals surface area contributed by atoms with Crippen molar-refractivity contribution in [2.45, 2.75) is 51.1 Å². The number of piperidine rings is 1. The predicted octanol–water partition coefficient (Wildman–Crippen LogP) is 4.08. The molecule has 2 N–H and O–H groups in total. The topological polar surface area (TPSA) is 29.3 Å². The van der Waals surface area contributed by atoms with E-state index in [9.17, 15) is 0 Å². The van der Waals surface area contributed by atoms with E-state index in [1.54, 1.807) is 0 Å². The van der Waals surface area contributed by atoms with E-state index in [1.165, 1.54) is 52.9 Å². The Hall–Kier alpha value is 0.100. The first-order chi connectivity index (χ1) is 9.20. The first-order valence-electron chi connectivity index (χ1n) is 7.42. The van der Waals surface area contributed by atoms with Crippen LogP contribution in [0.4, 0.5) is 0 Å². The molecule has 1 aliphatic heterocycles. The summed E-state index contributed by atoms with van der Waals surface area (Å²) in [5.74, 6) is 0.937. The van der Waals surface area contributed by atoms with E-state index in [1.807, 2.05) is 11.3 Å². The zero-order chi connectivity index (χ0) is 13.4. The molecule has 3 unspecified atom stereocenters. The summed E-state index contributed by atoms with van der Waals surface area (Å²) in [5.41, 5.74) is 6.13. The van der Waals surface area contributed by atoms with Gasteiger partial charge in [0.05, 0.1) is 6.04 Å². The van der Waals surface area contributed by atoms with Crippen molar-refractivity contribution in [1.29, 1.82) is 0 Å². The lowest BCUT2D eigenvalue weighted by Crippen LogP contribution is -2.46. The molecule has 1 saturated heterocycles. The number of likely N-dealkylation sites (tertiary alicyclic amines) is 1. The molecule has 2 aliphatic rings. The Balaban J connectivity index is 1.84. The summed E-state index contributed by atoms with van der Waals surface area (Å²) >= 11 is 5.55. The summed E-state index contributed by atoms with van der Waals surface area (Å²) in [6.45, 7) is 4.16. The van der Waals surface area contributed by atoms with Gasteiger partial charge in [-0.15, -0.1) is 11.3 Å². The summed E-state index contributed by atoms with van der Waals surface area (Å²) in [7, 11) is 0. The number of fused-ring (bicyclic) bond motifs is 1. The van der Waals surface area contributed by atoms with Crippen molar-refractivity contribution >= 4 is 27.3 Å². The van der Waals surface area contributed by atoms with Crippen LogP contribution < -0.4 is 5.73 Å². The largest absolute Gasteiger partial charge is 0.329 e. The lowest BCUT2D eigenvalue weighted by atomic mass is 9.90. The maximum atomic E-state index is 6.13. The van der Waals surface area contributed by atoms with Gasteiger partial charge in [0.1, 0.15) is 0 Å². The van der Waals surface area contributed by atoms with Gasteiger partial charge >= 0.3 is 0 Å². The Bertz CT molecular complexity index is 426. The molecule has 0 spiro atoms. The third-order valence-corrected chi connectivity index (χ3v) is 7.10. The molecule has 3 rings (SSSR count).